The Morgan fingerprint density at radius 1 is 1.36 bits per heavy atom. The van der Waals surface area contributed by atoms with Crippen LogP contribution in [0.1, 0.15) is 17.2 Å². The fourth-order valence-corrected chi connectivity index (χ4v) is 2.61. The van der Waals surface area contributed by atoms with Crippen LogP contribution in [0.5, 0.6) is 0 Å². The molecule has 1 fully saturated rings. The van der Waals surface area contributed by atoms with Crippen LogP contribution in [0.3, 0.4) is 0 Å². The fraction of sp³-hybridized carbons (Fsp3) is 0.500. The molecule has 2 aliphatic rings. The van der Waals surface area contributed by atoms with Gasteiger partial charge in [0.1, 0.15) is 0 Å². The fourth-order valence-electron chi connectivity index (χ4n) is 2.61. The second-order valence-corrected chi connectivity index (χ2v) is 4.24. The number of ether oxygens (including phenoxy) is 1. The van der Waals surface area contributed by atoms with E-state index in [-0.39, 0.29) is 0 Å². The Bertz CT molecular complexity index is 350. The Labute approximate surface area is 84.5 Å². The minimum Gasteiger partial charge on any atom is -0.371 e. The van der Waals surface area contributed by atoms with Crippen molar-refractivity contribution in [3.63, 3.8) is 0 Å². The molecule has 0 bridgehead atoms. The predicted molar refractivity (Wildman–Crippen MR) is 55.3 cm³/mol. The van der Waals surface area contributed by atoms with Crippen molar-refractivity contribution < 1.29 is 4.74 Å². The summed E-state index contributed by atoms with van der Waals surface area (Å²) in [6, 6.07) is 9.24. The third kappa shape index (κ3) is 1.11. The smallest absolute Gasteiger partial charge is 0.0986 e. The van der Waals surface area contributed by atoms with E-state index < -0.39 is 0 Å². The molecule has 0 N–H and O–H groups in total. The number of hydrogen-bond acceptors (Lipinski definition) is 2. The normalized spacial score (nSPS) is 31.2. The van der Waals surface area contributed by atoms with E-state index in [2.05, 4.69) is 36.2 Å². The van der Waals surface area contributed by atoms with Crippen LogP contribution in [0.4, 0.5) is 0 Å². The first-order valence-corrected chi connectivity index (χ1v) is 5.26. The lowest BCUT2D eigenvalue weighted by Gasteiger charge is -2.35. The number of morpholine rings is 1. The van der Waals surface area contributed by atoms with E-state index in [0.717, 1.165) is 19.6 Å². The van der Waals surface area contributed by atoms with Crippen molar-refractivity contribution in [1.29, 1.82) is 0 Å². The van der Waals surface area contributed by atoms with Crippen LogP contribution >= 0.6 is 0 Å². The molecular weight excluding hydrogens is 174 g/mol. The molecule has 2 atom stereocenters. The van der Waals surface area contributed by atoms with Gasteiger partial charge in [0, 0.05) is 12.6 Å². The SMILES string of the molecule is CN1CCOC2c3ccccc3CC21. The highest BCUT2D eigenvalue weighted by Crippen LogP contribution is 2.38. The van der Waals surface area contributed by atoms with Gasteiger partial charge in [-0.15, -0.1) is 0 Å². The number of likely N-dealkylation sites (N-methyl/N-ethyl adjacent to an activating group) is 1. The molecule has 0 spiro atoms. The highest BCUT2D eigenvalue weighted by molar-refractivity contribution is 5.36. The van der Waals surface area contributed by atoms with Gasteiger partial charge >= 0.3 is 0 Å². The van der Waals surface area contributed by atoms with Gasteiger partial charge in [-0.05, 0) is 24.6 Å². The van der Waals surface area contributed by atoms with E-state index in [9.17, 15) is 0 Å². The summed E-state index contributed by atoms with van der Waals surface area (Å²) in [5.74, 6) is 0. The van der Waals surface area contributed by atoms with E-state index in [4.69, 9.17) is 4.74 Å². The molecule has 1 aromatic carbocycles. The summed E-state index contributed by atoms with van der Waals surface area (Å²) in [5.41, 5.74) is 2.88. The molecule has 2 unspecified atom stereocenters. The quantitative estimate of drug-likeness (QED) is 0.615. The Morgan fingerprint density at radius 3 is 3.14 bits per heavy atom. The van der Waals surface area contributed by atoms with Crippen molar-refractivity contribution in [2.45, 2.75) is 18.6 Å². The van der Waals surface area contributed by atoms with Gasteiger partial charge in [0.05, 0.1) is 12.7 Å². The Kier molecular flexibility index (Phi) is 1.85. The number of fused-ring (bicyclic) bond motifs is 3. The van der Waals surface area contributed by atoms with Crippen LogP contribution in [0.15, 0.2) is 24.3 Å². The number of nitrogens with zero attached hydrogens (tertiary/aromatic N) is 1. The molecule has 1 saturated heterocycles. The average molecular weight is 189 g/mol. The maximum atomic E-state index is 5.86. The maximum Gasteiger partial charge on any atom is 0.0986 e. The highest BCUT2D eigenvalue weighted by Gasteiger charge is 2.37. The molecule has 0 saturated carbocycles. The molecule has 1 aliphatic heterocycles. The summed E-state index contributed by atoms with van der Waals surface area (Å²) in [6.07, 6.45) is 1.47. The minimum atomic E-state index is 0.324. The van der Waals surface area contributed by atoms with Crippen molar-refractivity contribution >= 4 is 0 Å². The molecule has 2 heteroatoms. The number of benzene rings is 1. The lowest BCUT2D eigenvalue weighted by atomic mass is 10.1. The number of rotatable bonds is 0. The molecule has 0 aromatic heterocycles. The van der Waals surface area contributed by atoms with Crippen LogP contribution in [0.25, 0.3) is 0 Å². The molecular formula is C12H15NO. The van der Waals surface area contributed by atoms with Gasteiger partial charge in [-0.1, -0.05) is 24.3 Å². The summed E-state index contributed by atoms with van der Waals surface area (Å²) in [5, 5.41) is 0. The molecule has 0 amide bonds. The summed E-state index contributed by atoms with van der Waals surface area (Å²) in [4.78, 5) is 2.42. The van der Waals surface area contributed by atoms with Crippen LogP contribution in [-0.4, -0.2) is 31.1 Å². The van der Waals surface area contributed by atoms with Crippen molar-refractivity contribution in [2.75, 3.05) is 20.2 Å². The third-order valence-electron chi connectivity index (χ3n) is 3.45. The van der Waals surface area contributed by atoms with E-state index in [1.54, 1.807) is 0 Å². The van der Waals surface area contributed by atoms with Gasteiger partial charge in [0.25, 0.3) is 0 Å². The van der Waals surface area contributed by atoms with Gasteiger partial charge < -0.3 is 4.74 Å². The van der Waals surface area contributed by atoms with Crippen LogP contribution in [0.2, 0.25) is 0 Å². The van der Waals surface area contributed by atoms with Gasteiger partial charge in [0.2, 0.25) is 0 Å². The van der Waals surface area contributed by atoms with Crippen molar-refractivity contribution in [1.82, 2.24) is 4.90 Å². The van der Waals surface area contributed by atoms with Crippen molar-refractivity contribution in [3.8, 4) is 0 Å². The maximum absolute atomic E-state index is 5.86. The van der Waals surface area contributed by atoms with Gasteiger partial charge in [0.15, 0.2) is 0 Å². The molecule has 1 heterocycles. The van der Waals surface area contributed by atoms with Crippen LogP contribution < -0.4 is 0 Å². The van der Waals surface area contributed by atoms with Crippen LogP contribution in [-0.2, 0) is 11.2 Å². The third-order valence-corrected chi connectivity index (χ3v) is 3.45. The van der Waals surface area contributed by atoms with Crippen molar-refractivity contribution in [2.24, 2.45) is 0 Å². The molecule has 3 rings (SSSR count). The van der Waals surface area contributed by atoms with Crippen LogP contribution in [0, 0.1) is 0 Å². The molecule has 0 radical (unpaired) electrons. The summed E-state index contributed by atoms with van der Waals surface area (Å²) in [6.45, 7) is 1.93. The topological polar surface area (TPSA) is 12.5 Å². The molecule has 74 valence electrons. The van der Waals surface area contributed by atoms with E-state index in [1.165, 1.54) is 11.1 Å². The Morgan fingerprint density at radius 2 is 2.21 bits per heavy atom. The summed E-state index contributed by atoms with van der Waals surface area (Å²) >= 11 is 0. The Balaban J connectivity index is 2.00. The predicted octanol–water partition coefficient (Wildman–Crippen LogP) is 1.61. The van der Waals surface area contributed by atoms with E-state index in [1.807, 2.05) is 0 Å². The largest absolute Gasteiger partial charge is 0.371 e. The standard InChI is InChI=1S/C12H15NO/c1-13-6-7-14-12-10-5-3-2-4-9(10)8-11(12)13/h2-5,11-12H,6-8H2,1H3. The second kappa shape index (κ2) is 3.07. The number of hydrogen-bond donors (Lipinski definition) is 0. The zero-order chi connectivity index (χ0) is 9.54. The molecule has 14 heavy (non-hydrogen) atoms. The zero-order valence-electron chi connectivity index (χ0n) is 8.44. The molecule has 1 aromatic rings. The minimum absolute atomic E-state index is 0.324. The van der Waals surface area contributed by atoms with E-state index >= 15 is 0 Å². The first-order valence-electron chi connectivity index (χ1n) is 5.26. The molecule has 2 nitrogen and oxygen atoms in total. The zero-order valence-corrected chi connectivity index (χ0v) is 8.44. The lowest BCUT2D eigenvalue weighted by molar-refractivity contribution is -0.0543. The summed E-state index contributed by atoms with van der Waals surface area (Å²) < 4.78 is 5.86. The van der Waals surface area contributed by atoms with Crippen molar-refractivity contribution in [3.05, 3.63) is 35.4 Å². The van der Waals surface area contributed by atoms with Gasteiger partial charge in [-0.25, -0.2) is 0 Å². The Hall–Kier alpha value is -0.860. The first-order chi connectivity index (χ1) is 6.86. The first kappa shape index (κ1) is 8.45. The lowest BCUT2D eigenvalue weighted by Crippen LogP contribution is -2.43. The highest BCUT2D eigenvalue weighted by atomic mass is 16.5. The second-order valence-electron chi connectivity index (χ2n) is 4.24. The summed E-state index contributed by atoms with van der Waals surface area (Å²) in [7, 11) is 2.20. The van der Waals surface area contributed by atoms with E-state index in [0.29, 0.717) is 12.1 Å². The van der Waals surface area contributed by atoms with Gasteiger partial charge in [-0.3, -0.25) is 4.90 Å². The van der Waals surface area contributed by atoms with Gasteiger partial charge in [-0.2, -0.15) is 0 Å². The average Bonchev–Trinajstić information content (AvgIpc) is 2.59. The molecule has 1 aliphatic carbocycles. The monoisotopic (exact) mass is 189 g/mol.